The van der Waals surface area contributed by atoms with Crippen molar-refractivity contribution in [3.05, 3.63) is 24.2 Å². The molecule has 2 rings (SSSR count). The highest BCUT2D eigenvalue weighted by atomic mass is 16.4. The second-order valence-electron chi connectivity index (χ2n) is 4.40. The Morgan fingerprint density at radius 1 is 1.40 bits per heavy atom. The average molecular weight is 208 g/mol. The van der Waals surface area contributed by atoms with E-state index in [0.717, 1.165) is 37.9 Å². The second-order valence-corrected chi connectivity index (χ2v) is 4.40. The molecule has 0 aromatic carbocycles. The van der Waals surface area contributed by atoms with E-state index in [1.54, 1.807) is 6.26 Å². The summed E-state index contributed by atoms with van der Waals surface area (Å²) in [6.45, 7) is 0. The van der Waals surface area contributed by atoms with Crippen molar-refractivity contribution in [1.29, 1.82) is 0 Å². The summed E-state index contributed by atoms with van der Waals surface area (Å²) < 4.78 is 5.25. The van der Waals surface area contributed by atoms with E-state index in [0.29, 0.717) is 6.42 Å². The molecule has 1 heterocycles. The smallest absolute Gasteiger partial charge is 0.310 e. The molecule has 3 nitrogen and oxygen atoms in total. The van der Waals surface area contributed by atoms with Crippen LogP contribution in [0.15, 0.2) is 22.8 Å². The minimum absolute atomic E-state index is 0.537. The van der Waals surface area contributed by atoms with Crippen LogP contribution in [0.3, 0.4) is 0 Å². The summed E-state index contributed by atoms with van der Waals surface area (Å²) in [5.41, 5.74) is -0.573. The van der Waals surface area contributed by atoms with Crippen LogP contribution in [-0.2, 0) is 11.2 Å². The van der Waals surface area contributed by atoms with Crippen molar-refractivity contribution >= 4 is 5.97 Å². The molecular weight excluding hydrogens is 192 g/mol. The maximum Gasteiger partial charge on any atom is 0.310 e. The van der Waals surface area contributed by atoms with Gasteiger partial charge < -0.3 is 9.52 Å². The molecule has 0 bridgehead atoms. The van der Waals surface area contributed by atoms with Crippen LogP contribution in [0.2, 0.25) is 0 Å². The first-order chi connectivity index (χ1) is 7.23. The third-order valence-corrected chi connectivity index (χ3v) is 3.36. The summed E-state index contributed by atoms with van der Waals surface area (Å²) in [4.78, 5) is 11.4. The van der Waals surface area contributed by atoms with Crippen molar-refractivity contribution in [2.24, 2.45) is 5.41 Å². The summed E-state index contributed by atoms with van der Waals surface area (Å²) in [6.07, 6.45) is 6.91. The molecule has 0 unspecified atom stereocenters. The molecule has 1 aliphatic carbocycles. The fourth-order valence-corrected chi connectivity index (χ4v) is 2.44. The van der Waals surface area contributed by atoms with Gasteiger partial charge in [0.05, 0.1) is 11.7 Å². The van der Waals surface area contributed by atoms with E-state index in [2.05, 4.69) is 0 Å². The number of furan rings is 1. The van der Waals surface area contributed by atoms with Gasteiger partial charge in [-0.3, -0.25) is 4.79 Å². The molecule has 1 saturated carbocycles. The first-order valence-electron chi connectivity index (χ1n) is 5.49. The first-order valence-corrected chi connectivity index (χ1v) is 5.49. The van der Waals surface area contributed by atoms with E-state index in [4.69, 9.17) is 4.42 Å². The highest BCUT2D eigenvalue weighted by Gasteiger charge is 2.40. The molecular formula is C12H16O3. The van der Waals surface area contributed by atoms with Crippen molar-refractivity contribution in [2.75, 3.05) is 0 Å². The zero-order valence-electron chi connectivity index (χ0n) is 8.74. The Morgan fingerprint density at radius 2 is 2.13 bits per heavy atom. The molecule has 0 radical (unpaired) electrons. The van der Waals surface area contributed by atoms with Gasteiger partial charge in [0.25, 0.3) is 0 Å². The van der Waals surface area contributed by atoms with Crippen molar-refractivity contribution in [2.45, 2.75) is 38.5 Å². The minimum Gasteiger partial charge on any atom is -0.481 e. The molecule has 0 atom stereocenters. The van der Waals surface area contributed by atoms with E-state index < -0.39 is 11.4 Å². The van der Waals surface area contributed by atoms with Crippen molar-refractivity contribution in [3.63, 3.8) is 0 Å². The van der Waals surface area contributed by atoms with E-state index >= 15 is 0 Å². The van der Waals surface area contributed by atoms with E-state index in [1.165, 1.54) is 0 Å². The fourth-order valence-electron chi connectivity index (χ4n) is 2.44. The molecule has 1 N–H and O–H groups in total. The molecule has 0 spiro atoms. The Morgan fingerprint density at radius 3 is 2.67 bits per heavy atom. The van der Waals surface area contributed by atoms with Gasteiger partial charge in [-0.15, -0.1) is 0 Å². The van der Waals surface area contributed by atoms with Crippen LogP contribution in [0, 0.1) is 5.41 Å². The Kier molecular flexibility index (Phi) is 2.80. The van der Waals surface area contributed by atoms with Crippen molar-refractivity contribution in [3.8, 4) is 0 Å². The number of carboxylic acid groups (broad SMARTS) is 1. The Labute approximate surface area is 89.1 Å². The lowest BCUT2D eigenvalue weighted by Gasteiger charge is -2.32. The minimum atomic E-state index is -0.668. The predicted octanol–water partition coefficient (Wildman–Crippen LogP) is 2.86. The zero-order chi connectivity index (χ0) is 10.7. The van der Waals surface area contributed by atoms with Crippen LogP contribution >= 0.6 is 0 Å². The van der Waals surface area contributed by atoms with Crippen LogP contribution in [0.25, 0.3) is 0 Å². The summed E-state index contributed by atoms with van der Waals surface area (Å²) in [6, 6.07) is 3.67. The third-order valence-electron chi connectivity index (χ3n) is 3.36. The van der Waals surface area contributed by atoms with Crippen LogP contribution in [-0.4, -0.2) is 11.1 Å². The van der Waals surface area contributed by atoms with E-state index in [-0.39, 0.29) is 0 Å². The Balaban J connectivity index is 2.15. The van der Waals surface area contributed by atoms with Crippen molar-refractivity contribution < 1.29 is 14.3 Å². The van der Waals surface area contributed by atoms with Gasteiger partial charge >= 0.3 is 5.97 Å². The number of rotatable bonds is 3. The first kappa shape index (κ1) is 10.3. The summed E-state index contributed by atoms with van der Waals surface area (Å²) in [5, 5.41) is 9.35. The molecule has 3 heteroatoms. The Hall–Kier alpha value is -1.25. The van der Waals surface area contributed by atoms with Crippen LogP contribution < -0.4 is 0 Å². The van der Waals surface area contributed by atoms with Gasteiger partial charge in [0.1, 0.15) is 5.76 Å². The highest BCUT2D eigenvalue weighted by Crippen LogP contribution is 2.39. The molecule has 1 aromatic heterocycles. The number of hydrogen-bond donors (Lipinski definition) is 1. The lowest BCUT2D eigenvalue weighted by Crippen LogP contribution is -2.35. The summed E-state index contributed by atoms with van der Waals surface area (Å²) in [7, 11) is 0. The largest absolute Gasteiger partial charge is 0.481 e. The third kappa shape index (κ3) is 2.06. The monoisotopic (exact) mass is 208 g/mol. The highest BCUT2D eigenvalue weighted by molar-refractivity contribution is 5.75. The maximum absolute atomic E-state index is 11.4. The molecule has 1 aromatic rings. The number of carbonyl (C=O) groups is 1. The normalized spacial score (nSPS) is 20.0. The van der Waals surface area contributed by atoms with E-state index in [1.807, 2.05) is 12.1 Å². The second kappa shape index (κ2) is 4.09. The Bertz CT molecular complexity index is 321. The number of carboxylic acids is 1. The standard InChI is InChI=1S/C12H16O3/c13-11(14)12(6-2-1-3-7-12)9-10-5-4-8-15-10/h4-5,8H,1-3,6-7,9H2,(H,13,14). The predicted molar refractivity (Wildman–Crippen MR) is 55.6 cm³/mol. The number of hydrogen-bond acceptors (Lipinski definition) is 2. The maximum atomic E-state index is 11.4. The molecule has 0 aliphatic heterocycles. The van der Waals surface area contributed by atoms with Crippen LogP contribution in [0.5, 0.6) is 0 Å². The van der Waals surface area contributed by atoms with E-state index in [9.17, 15) is 9.90 Å². The van der Waals surface area contributed by atoms with Gasteiger partial charge in [-0.2, -0.15) is 0 Å². The van der Waals surface area contributed by atoms with Crippen LogP contribution in [0.4, 0.5) is 0 Å². The van der Waals surface area contributed by atoms with Gasteiger partial charge in [0.2, 0.25) is 0 Å². The molecule has 1 aliphatic rings. The molecule has 82 valence electrons. The summed E-state index contributed by atoms with van der Waals surface area (Å²) in [5.74, 6) is 0.123. The fraction of sp³-hybridized carbons (Fsp3) is 0.583. The number of aliphatic carboxylic acids is 1. The average Bonchev–Trinajstić information content (AvgIpc) is 2.71. The molecule has 0 amide bonds. The van der Waals surface area contributed by atoms with Crippen LogP contribution in [0.1, 0.15) is 37.9 Å². The quantitative estimate of drug-likeness (QED) is 0.830. The van der Waals surface area contributed by atoms with Gasteiger partial charge in [-0.05, 0) is 25.0 Å². The SMILES string of the molecule is O=C(O)C1(Cc2ccco2)CCCCC1. The van der Waals surface area contributed by atoms with Gasteiger partial charge in [-0.25, -0.2) is 0 Å². The topological polar surface area (TPSA) is 50.4 Å². The lowest BCUT2D eigenvalue weighted by atomic mass is 9.71. The lowest BCUT2D eigenvalue weighted by molar-refractivity contribution is -0.151. The van der Waals surface area contributed by atoms with Gasteiger partial charge in [-0.1, -0.05) is 19.3 Å². The molecule has 1 fully saturated rings. The van der Waals surface area contributed by atoms with Crippen molar-refractivity contribution in [1.82, 2.24) is 0 Å². The van der Waals surface area contributed by atoms with Gasteiger partial charge in [0, 0.05) is 6.42 Å². The molecule has 15 heavy (non-hydrogen) atoms. The zero-order valence-corrected chi connectivity index (χ0v) is 8.74. The summed E-state index contributed by atoms with van der Waals surface area (Å²) >= 11 is 0. The van der Waals surface area contributed by atoms with Gasteiger partial charge in [0.15, 0.2) is 0 Å². The molecule has 0 saturated heterocycles.